The summed E-state index contributed by atoms with van der Waals surface area (Å²) >= 11 is 0. The van der Waals surface area contributed by atoms with Gasteiger partial charge >= 0.3 is 0 Å². The molecule has 0 radical (unpaired) electrons. The number of pyridine rings is 1. The molecule has 2 amide bonds. The first-order valence-corrected chi connectivity index (χ1v) is 10.8. The topological polar surface area (TPSA) is 136 Å². The lowest BCUT2D eigenvalue weighted by molar-refractivity contribution is -0.117. The van der Waals surface area contributed by atoms with Crippen LogP contribution in [-0.2, 0) is 9.59 Å². The number of nitrogens with zero attached hydrogens (tertiary/aromatic N) is 4. The molecule has 2 aromatic heterocycles. The summed E-state index contributed by atoms with van der Waals surface area (Å²) < 4.78 is 47.4. The first-order chi connectivity index (χ1) is 17.0. The van der Waals surface area contributed by atoms with E-state index in [1.54, 1.807) is 19.1 Å². The molecule has 10 nitrogen and oxygen atoms in total. The minimum atomic E-state index is -2.79. The lowest BCUT2D eigenvalue weighted by atomic mass is 10.2. The summed E-state index contributed by atoms with van der Waals surface area (Å²) in [5.74, 6) is -5.21. The molecule has 0 saturated heterocycles. The Labute approximate surface area is 203 Å². The number of aliphatic imine (C=N–C) groups is 1. The van der Waals surface area contributed by atoms with E-state index in [4.69, 9.17) is 10.5 Å². The molecule has 13 heteroatoms. The van der Waals surface area contributed by atoms with Crippen LogP contribution < -0.4 is 21.1 Å². The Hall–Kier alpha value is -4.42. The lowest BCUT2D eigenvalue weighted by Crippen LogP contribution is -2.22. The SMILES string of the molecule is CN=C(/C=C(/C)N)C(=O)Nc1cc(Oc2ccc3nc(NC(=O)CC4CC4(F)F)nn3c2)ccc1F. The van der Waals surface area contributed by atoms with Crippen LogP contribution in [0, 0.1) is 11.7 Å². The predicted molar refractivity (Wildman–Crippen MR) is 126 cm³/mol. The number of benzene rings is 1. The first-order valence-electron chi connectivity index (χ1n) is 10.8. The van der Waals surface area contributed by atoms with Crippen molar-refractivity contribution >= 4 is 34.8 Å². The van der Waals surface area contributed by atoms with Crippen LogP contribution in [0.1, 0.15) is 19.8 Å². The van der Waals surface area contributed by atoms with Gasteiger partial charge in [0.2, 0.25) is 11.9 Å². The number of nitrogens with one attached hydrogen (secondary N) is 2. The number of hydrogen-bond donors (Lipinski definition) is 3. The van der Waals surface area contributed by atoms with Crippen molar-refractivity contribution in [3.8, 4) is 11.5 Å². The van der Waals surface area contributed by atoms with Crippen molar-refractivity contribution in [2.45, 2.75) is 25.7 Å². The van der Waals surface area contributed by atoms with E-state index in [2.05, 4.69) is 25.7 Å². The number of fused-ring (bicyclic) bond motifs is 1. The number of carbonyl (C=O) groups excluding carboxylic acids is 2. The van der Waals surface area contributed by atoms with Gasteiger partial charge in [0, 0.05) is 37.6 Å². The van der Waals surface area contributed by atoms with E-state index in [1.165, 1.54) is 36.0 Å². The smallest absolute Gasteiger partial charge is 0.273 e. The minimum Gasteiger partial charge on any atom is -0.456 e. The normalized spacial score (nSPS) is 17.1. The van der Waals surface area contributed by atoms with Gasteiger partial charge in [0.15, 0.2) is 5.65 Å². The third-order valence-corrected chi connectivity index (χ3v) is 5.20. The number of aromatic nitrogens is 3. The summed E-state index contributed by atoms with van der Waals surface area (Å²) in [5.41, 5.74) is 6.20. The molecule has 1 unspecified atom stereocenters. The molecule has 1 aromatic carbocycles. The highest BCUT2D eigenvalue weighted by atomic mass is 19.3. The fraction of sp³-hybridized carbons (Fsp3) is 0.261. The maximum absolute atomic E-state index is 14.3. The van der Waals surface area contributed by atoms with Gasteiger partial charge in [-0.3, -0.25) is 19.9 Å². The third-order valence-electron chi connectivity index (χ3n) is 5.20. The average molecular weight is 501 g/mol. The largest absolute Gasteiger partial charge is 0.456 e. The Bertz CT molecular complexity index is 1400. The zero-order valence-corrected chi connectivity index (χ0v) is 19.3. The molecule has 1 fully saturated rings. The number of alkyl halides is 2. The highest BCUT2D eigenvalue weighted by molar-refractivity contribution is 6.47. The summed E-state index contributed by atoms with van der Waals surface area (Å²) in [7, 11) is 1.41. The number of carbonyl (C=O) groups is 2. The van der Waals surface area contributed by atoms with Gasteiger partial charge in [0.1, 0.15) is 23.0 Å². The molecule has 1 saturated carbocycles. The fourth-order valence-corrected chi connectivity index (χ4v) is 3.30. The van der Waals surface area contributed by atoms with Crippen LogP contribution in [0.3, 0.4) is 0 Å². The summed E-state index contributed by atoms with van der Waals surface area (Å²) in [6, 6.07) is 6.92. The molecule has 1 aliphatic rings. The molecule has 188 valence electrons. The van der Waals surface area contributed by atoms with Gasteiger partial charge in [0.25, 0.3) is 11.8 Å². The molecule has 36 heavy (non-hydrogen) atoms. The van der Waals surface area contributed by atoms with Crippen molar-refractivity contribution in [3.63, 3.8) is 0 Å². The van der Waals surface area contributed by atoms with E-state index >= 15 is 0 Å². The molecular weight excluding hydrogens is 479 g/mol. The third kappa shape index (κ3) is 5.79. The summed E-state index contributed by atoms with van der Waals surface area (Å²) in [6.07, 6.45) is 2.21. The lowest BCUT2D eigenvalue weighted by Gasteiger charge is -2.10. The standard InChI is InChI=1S/C23H22F3N7O3/c1-12(27)7-18(28-2)21(35)29-17-9-14(3-5-16(17)24)36-15-4-6-19-30-22(32-33(19)11-15)31-20(34)8-13-10-23(13,25)26/h3-7,9,11,13H,8,10,27H2,1-2H3,(H,29,35)(H,31,32,34)/b12-7-,28-18?. The van der Waals surface area contributed by atoms with Crippen molar-refractivity contribution in [1.82, 2.24) is 14.6 Å². The second kappa shape index (κ2) is 9.68. The van der Waals surface area contributed by atoms with E-state index in [1.807, 2.05) is 0 Å². The molecule has 1 aliphatic carbocycles. The molecule has 3 aromatic rings. The molecule has 4 rings (SSSR count). The Morgan fingerprint density at radius 2 is 2.00 bits per heavy atom. The molecule has 4 N–H and O–H groups in total. The number of hydrogen-bond acceptors (Lipinski definition) is 7. The van der Waals surface area contributed by atoms with Gasteiger partial charge < -0.3 is 15.8 Å². The number of amides is 2. The van der Waals surface area contributed by atoms with E-state index in [9.17, 15) is 22.8 Å². The second-order valence-electron chi connectivity index (χ2n) is 8.21. The van der Waals surface area contributed by atoms with Gasteiger partial charge in [-0.1, -0.05) is 0 Å². The van der Waals surface area contributed by atoms with Crippen molar-refractivity contribution in [1.29, 1.82) is 0 Å². The van der Waals surface area contributed by atoms with E-state index in [0.29, 0.717) is 17.1 Å². The average Bonchev–Trinajstić information content (AvgIpc) is 3.20. The first kappa shape index (κ1) is 24.7. The number of rotatable bonds is 8. The minimum absolute atomic E-state index is 0.0195. The van der Waals surface area contributed by atoms with Crippen molar-refractivity contribution in [2.24, 2.45) is 16.6 Å². The van der Waals surface area contributed by atoms with Crippen molar-refractivity contribution in [3.05, 3.63) is 54.1 Å². The summed E-state index contributed by atoms with van der Waals surface area (Å²) in [4.78, 5) is 32.3. The van der Waals surface area contributed by atoms with Crippen LogP contribution in [0.15, 0.2) is 53.3 Å². The van der Waals surface area contributed by atoms with Crippen LogP contribution in [0.5, 0.6) is 11.5 Å². The summed E-state index contributed by atoms with van der Waals surface area (Å²) in [5, 5.41) is 8.94. The van der Waals surface area contributed by atoms with Crippen molar-refractivity contribution in [2.75, 3.05) is 17.7 Å². The Balaban J connectivity index is 1.45. The Kier molecular flexibility index (Phi) is 6.64. The van der Waals surface area contributed by atoms with Gasteiger partial charge in [-0.05, 0) is 37.3 Å². The van der Waals surface area contributed by atoms with Crippen LogP contribution in [0.4, 0.5) is 24.8 Å². The van der Waals surface area contributed by atoms with Crippen LogP contribution in [0.25, 0.3) is 5.65 Å². The maximum atomic E-state index is 14.3. The predicted octanol–water partition coefficient (Wildman–Crippen LogP) is 3.52. The molecular formula is C23H22F3N7O3. The highest BCUT2D eigenvalue weighted by Crippen LogP contribution is 2.50. The monoisotopic (exact) mass is 501 g/mol. The highest BCUT2D eigenvalue weighted by Gasteiger charge is 2.57. The van der Waals surface area contributed by atoms with E-state index in [0.717, 1.165) is 6.07 Å². The van der Waals surface area contributed by atoms with Gasteiger partial charge in [-0.2, -0.15) is 4.98 Å². The van der Waals surface area contributed by atoms with Gasteiger partial charge in [0.05, 0.1) is 11.9 Å². The zero-order chi connectivity index (χ0) is 26.0. The number of nitrogens with two attached hydrogens (primary N) is 1. The van der Waals surface area contributed by atoms with E-state index in [-0.39, 0.29) is 35.9 Å². The van der Waals surface area contributed by atoms with Crippen LogP contribution in [-0.4, -0.2) is 45.1 Å². The number of anilines is 2. The molecule has 2 heterocycles. The van der Waals surface area contributed by atoms with Crippen LogP contribution in [0.2, 0.25) is 0 Å². The molecule has 0 spiro atoms. The Morgan fingerprint density at radius 1 is 1.28 bits per heavy atom. The molecule has 1 atom stereocenters. The summed E-state index contributed by atoms with van der Waals surface area (Å²) in [6.45, 7) is 1.59. The quantitative estimate of drug-likeness (QED) is 0.404. The Morgan fingerprint density at radius 3 is 2.67 bits per heavy atom. The van der Waals surface area contributed by atoms with Gasteiger partial charge in [-0.25, -0.2) is 17.7 Å². The van der Waals surface area contributed by atoms with Crippen molar-refractivity contribution < 1.29 is 27.5 Å². The number of ether oxygens (including phenoxy) is 1. The fourth-order valence-electron chi connectivity index (χ4n) is 3.30. The molecule has 0 bridgehead atoms. The molecule has 0 aliphatic heterocycles. The van der Waals surface area contributed by atoms with Gasteiger partial charge in [-0.15, -0.1) is 5.10 Å². The van der Waals surface area contributed by atoms with E-state index < -0.39 is 29.5 Å². The maximum Gasteiger partial charge on any atom is 0.273 e. The van der Waals surface area contributed by atoms with Crippen LogP contribution >= 0.6 is 0 Å². The number of halogens is 3. The second-order valence-corrected chi connectivity index (χ2v) is 8.21. The number of allylic oxidation sites excluding steroid dienone is 1. The zero-order valence-electron chi connectivity index (χ0n) is 19.3.